The second-order valence-electron chi connectivity index (χ2n) is 4.50. The van der Waals surface area contributed by atoms with Crippen molar-refractivity contribution in [3.05, 3.63) is 42.0 Å². The summed E-state index contributed by atoms with van der Waals surface area (Å²) in [6.45, 7) is -2.03. The molecule has 2 aromatic rings. The molecule has 0 aliphatic rings. The van der Waals surface area contributed by atoms with E-state index in [9.17, 15) is 22.8 Å². The summed E-state index contributed by atoms with van der Waals surface area (Å²) in [5.74, 6) is -0.766. The van der Waals surface area contributed by atoms with Crippen molar-refractivity contribution in [2.45, 2.75) is 6.18 Å². The molecular weight excluding hydrogens is 299 g/mol. The second-order valence-corrected chi connectivity index (χ2v) is 4.50. The van der Waals surface area contributed by atoms with Gasteiger partial charge in [0.05, 0.1) is 5.56 Å². The highest BCUT2D eigenvalue weighted by molar-refractivity contribution is 6.00. The van der Waals surface area contributed by atoms with Crippen LogP contribution in [-0.2, 0) is 4.79 Å². The molecule has 0 spiro atoms. The van der Waals surface area contributed by atoms with Gasteiger partial charge in [-0.15, -0.1) is 0 Å². The van der Waals surface area contributed by atoms with E-state index in [1.807, 2.05) is 12.1 Å². The van der Waals surface area contributed by atoms with Crippen molar-refractivity contribution in [2.24, 2.45) is 0 Å². The molecule has 7 heteroatoms. The Morgan fingerprint density at radius 3 is 2.59 bits per heavy atom. The number of fused-ring (bicyclic) bond motifs is 1. The SMILES string of the molecule is O=Cc1c(OCC(=O)NCC(F)(F)F)ccc2ccccc12. The maximum absolute atomic E-state index is 12.0. The molecule has 1 amide bonds. The van der Waals surface area contributed by atoms with Crippen LogP contribution in [0.1, 0.15) is 10.4 Å². The number of amides is 1. The van der Waals surface area contributed by atoms with Gasteiger partial charge in [-0.05, 0) is 16.8 Å². The summed E-state index contributed by atoms with van der Waals surface area (Å²) in [5, 5.41) is 3.15. The van der Waals surface area contributed by atoms with Crippen LogP contribution >= 0.6 is 0 Å². The van der Waals surface area contributed by atoms with Crippen LogP contribution in [0, 0.1) is 0 Å². The van der Waals surface area contributed by atoms with E-state index in [4.69, 9.17) is 4.74 Å². The van der Waals surface area contributed by atoms with Crippen LogP contribution < -0.4 is 10.1 Å². The van der Waals surface area contributed by atoms with Gasteiger partial charge in [0.15, 0.2) is 12.9 Å². The van der Waals surface area contributed by atoms with E-state index in [0.29, 0.717) is 11.7 Å². The van der Waals surface area contributed by atoms with Crippen molar-refractivity contribution >= 4 is 23.0 Å². The maximum atomic E-state index is 12.0. The second kappa shape index (κ2) is 6.46. The number of hydrogen-bond donors (Lipinski definition) is 1. The molecule has 0 heterocycles. The molecule has 0 saturated carbocycles. The minimum atomic E-state index is -4.48. The Morgan fingerprint density at radius 2 is 1.91 bits per heavy atom. The molecule has 22 heavy (non-hydrogen) atoms. The number of carbonyl (C=O) groups excluding carboxylic acids is 2. The molecule has 116 valence electrons. The Hall–Kier alpha value is -2.57. The van der Waals surface area contributed by atoms with Gasteiger partial charge in [-0.1, -0.05) is 30.3 Å². The smallest absolute Gasteiger partial charge is 0.405 e. The Balaban J connectivity index is 2.08. The molecule has 4 nitrogen and oxygen atoms in total. The molecule has 0 aromatic heterocycles. The summed E-state index contributed by atoms with van der Waals surface area (Å²) in [5.41, 5.74) is 0.252. The standard InChI is InChI=1S/C15H12F3NO3/c16-15(17,18)9-19-14(21)8-22-13-6-5-10-3-1-2-4-11(10)12(13)7-20/h1-7H,8-9H2,(H,19,21). The Morgan fingerprint density at radius 1 is 1.18 bits per heavy atom. The van der Waals surface area contributed by atoms with Gasteiger partial charge in [0, 0.05) is 0 Å². The predicted molar refractivity (Wildman–Crippen MR) is 73.9 cm³/mol. The zero-order chi connectivity index (χ0) is 16.2. The molecule has 1 N–H and O–H groups in total. The van der Waals surface area contributed by atoms with E-state index in [1.165, 1.54) is 6.07 Å². The van der Waals surface area contributed by atoms with E-state index < -0.39 is 25.2 Å². The van der Waals surface area contributed by atoms with Gasteiger partial charge in [0.1, 0.15) is 12.3 Å². The van der Waals surface area contributed by atoms with E-state index >= 15 is 0 Å². The molecular formula is C15H12F3NO3. The van der Waals surface area contributed by atoms with Crippen LogP contribution in [-0.4, -0.2) is 31.5 Å². The lowest BCUT2D eigenvalue weighted by atomic mass is 10.0. The molecule has 0 atom stereocenters. The molecule has 0 aliphatic heterocycles. The molecule has 2 rings (SSSR count). The van der Waals surface area contributed by atoms with Crippen LogP contribution in [0.2, 0.25) is 0 Å². The zero-order valence-corrected chi connectivity index (χ0v) is 11.3. The Kier molecular flexibility index (Phi) is 4.65. The molecule has 0 fully saturated rings. The van der Waals surface area contributed by atoms with Crippen LogP contribution in [0.4, 0.5) is 13.2 Å². The summed E-state index contributed by atoms with van der Waals surface area (Å²) < 4.78 is 41.1. The third-order valence-corrected chi connectivity index (χ3v) is 2.89. The fourth-order valence-corrected chi connectivity index (χ4v) is 1.92. The highest BCUT2D eigenvalue weighted by Gasteiger charge is 2.27. The van der Waals surface area contributed by atoms with E-state index in [2.05, 4.69) is 0 Å². The normalized spacial score (nSPS) is 11.2. The van der Waals surface area contributed by atoms with Crippen LogP contribution in [0.5, 0.6) is 5.75 Å². The van der Waals surface area contributed by atoms with Crippen molar-refractivity contribution in [1.82, 2.24) is 5.32 Å². The maximum Gasteiger partial charge on any atom is 0.405 e. The summed E-state index contributed by atoms with van der Waals surface area (Å²) >= 11 is 0. The van der Waals surface area contributed by atoms with Gasteiger partial charge >= 0.3 is 6.18 Å². The molecule has 0 unspecified atom stereocenters. The molecule has 2 aromatic carbocycles. The van der Waals surface area contributed by atoms with E-state index in [-0.39, 0.29) is 11.3 Å². The fourth-order valence-electron chi connectivity index (χ4n) is 1.92. The van der Waals surface area contributed by atoms with Gasteiger partial charge in [-0.3, -0.25) is 9.59 Å². The fraction of sp³-hybridized carbons (Fsp3) is 0.200. The number of hydrogen-bond acceptors (Lipinski definition) is 3. The number of alkyl halides is 3. The van der Waals surface area contributed by atoms with Crippen LogP contribution in [0.25, 0.3) is 10.8 Å². The highest BCUT2D eigenvalue weighted by atomic mass is 19.4. The summed E-state index contributed by atoms with van der Waals surface area (Å²) in [4.78, 5) is 22.5. The first-order chi connectivity index (χ1) is 10.4. The van der Waals surface area contributed by atoms with Gasteiger partial charge < -0.3 is 10.1 Å². The van der Waals surface area contributed by atoms with Crippen molar-refractivity contribution in [2.75, 3.05) is 13.2 Å². The van der Waals surface area contributed by atoms with Crippen LogP contribution in [0.3, 0.4) is 0 Å². The van der Waals surface area contributed by atoms with Crippen molar-refractivity contribution in [3.8, 4) is 5.75 Å². The number of rotatable bonds is 5. The Labute approximate surface area is 123 Å². The average Bonchev–Trinajstić information content (AvgIpc) is 2.49. The first-order valence-corrected chi connectivity index (χ1v) is 6.34. The number of benzene rings is 2. The lowest BCUT2D eigenvalue weighted by Gasteiger charge is -2.11. The van der Waals surface area contributed by atoms with Gasteiger partial charge in [0.25, 0.3) is 5.91 Å². The first-order valence-electron chi connectivity index (χ1n) is 6.34. The Bertz CT molecular complexity index is 698. The number of ether oxygens (including phenoxy) is 1. The minimum Gasteiger partial charge on any atom is -0.483 e. The number of carbonyl (C=O) groups is 2. The predicted octanol–water partition coefficient (Wildman–Crippen LogP) is 2.71. The molecule has 0 saturated heterocycles. The quantitative estimate of drug-likeness (QED) is 0.864. The van der Waals surface area contributed by atoms with E-state index in [1.54, 1.807) is 23.5 Å². The summed E-state index contributed by atoms with van der Waals surface area (Å²) in [6.07, 6.45) is -3.89. The topological polar surface area (TPSA) is 55.4 Å². The van der Waals surface area contributed by atoms with Crippen LogP contribution in [0.15, 0.2) is 36.4 Å². The highest BCUT2D eigenvalue weighted by Crippen LogP contribution is 2.26. The van der Waals surface area contributed by atoms with Gasteiger partial charge in [-0.2, -0.15) is 13.2 Å². The third kappa shape index (κ3) is 3.97. The zero-order valence-electron chi connectivity index (χ0n) is 11.3. The first kappa shape index (κ1) is 15.8. The lowest BCUT2D eigenvalue weighted by molar-refractivity contribution is -0.139. The minimum absolute atomic E-state index is 0.149. The van der Waals surface area contributed by atoms with Crippen molar-refractivity contribution in [1.29, 1.82) is 0 Å². The molecule has 0 radical (unpaired) electrons. The van der Waals surface area contributed by atoms with Crippen molar-refractivity contribution < 1.29 is 27.5 Å². The third-order valence-electron chi connectivity index (χ3n) is 2.89. The largest absolute Gasteiger partial charge is 0.483 e. The molecule has 0 bridgehead atoms. The monoisotopic (exact) mass is 311 g/mol. The van der Waals surface area contributed by atoms with Gasteiger partial charge in [-0.25, -0.2) is 0 Å². The lowest BCUT2D eigenvalue weighted by Crippen LogP contribution is -2.36. The summed E-state index contributed by atoms with van der Waals surface area (Å²) in [6, 6.07) is 10.3. The molecule has 0 aliphatic carbocycles. The van der Waals surface area contributed by atoms with Crippen molar-refractivity contribution in [3.63, 3.8) is 0 Å². The number of halogens is 3. The van der Waals surface area contributed by atoms with Gasteiger partial charge in [0.2, 0.25) is 0 Å². The van der Waals surface area contributed by atoms with E-state index in [0.717, 1.165) is 5.39 Å². The number of aldehydes is 1. The number of nitrogens with one attached hydrogen (secondary N) is 1. The average molecular weight is 311 g/mol. The summed E-state index contributed by atoms with van der Waals surface area (Å²) in [7, 11) is 0.